The van der Waals surface area contributed by atoms with E-state index in [0.717, 1.165) is 89.9 Å². The first kappa shape index (κ1) is 61.2. The van der Waals surface area contributed by atoms with Crippen molar-refractivity contribution in [3.63, 3.8) is 0 Å². The lowest BCUT2D eigenvalue weighted by molar-refractivity contribution is -0.150. The Kier molecular flexibility index (Phi) is 34.2. The largest absolute Gasteiger partial charge is 0.465 e. The number of hydrogen-bond donors (Lipinski definition) is 2. The maximum absolute atomic E-state index is 12.1. The SMILES string of the molecule is C#C.CC(C)=CCCCCO.CC(C)=CCCCCOC(=O)C1CCC(CN2C(=O)C=CC2=O)CC1.CCN1C(=O)C=CC1=O.O=C(Cl)C1CCC(CN2C(=O)C=CC2=O)CC1.OPI. The van der Waals surface area contributed by atoms with Crippen molar-refractivity contribution in [3.8, 4) is 12.8 Å². The molecular weight excluding hydrogens is 988 g/mol. The molecule has 2 aliphatic carbocycles. The fraction of sp³-hybridized carbons (Fsp3) is 0.583. The Balaban J connectivity index is 0.000000881. The molecule has 5 rings (SSSR count). The van der Waals surface area contributed by atoms with Crippen LogP contribution in [-0.2, 0) is 43.1 Å². The average Bonchev–Trinajstić information content (AvgIpc) is 3.91. The minimum absolute atomic E-state index is 0.0304. The van der Waals surface area contributed by atoms with Gasteiger partial charge in [0.05, 0.1) is 19.0 Å². The summed E-state index contributed by atoms with van der Waals surface area (Å²) in [4.78, 5) is 102. The lowest BCUT2D eigenvalue weighted by atomic mass is 9.82. The number of nitrogens with zero attached hydrogens (tertiary/aromatic N) is 3. The molecule has 0 aromatic carbocycles. The predicted octanol–water partition coefficient (Wildman–Crippen LogP) is 8.10. The molecule has 5 aliphatic rings. The van der Waals surface area contributed by atoms with E-state index < -0.39 is 0 Å². The van der Waals surface area contributed by atoms with Crippen LogP contribution in [0.5, 0.6) is 0 Å². The normalized spacial score (nSPS) is 20.6. The quantitative estimate of drug-likeness (QED) is 0.0222. The van der Waals surface area contributed by atoms with Crippen molar-refractivity contribution in [2.24, 2.45) is 23.7 Å². The number of ether oxygens (including phenoxy) is 1. The van der Waals surface area contributed by atoms with Crippen molar-refractivity contribution in [2.75, 3.05) is 32.8 Å². The van der Waals surface area contributed by atoms with Gasteiger partial charge in [0, 0.05) is 68.6 Å². The molecule has 2 N–H and O–H groups in total. The maximum Gasteiger partial charge on any atom is 0.308 e. The Hall–Kier alpha value is -3.81. The smallest absolute Gasteiger partial charge is 0.308 e. The van der Waals surface area contributed by atoms with Gasteiger partial charge in [0.25, 0.3) is 35.4 Å². The third kappa shape index (κ3) is 26.2. The van der Waals surface area contributed by atoms with Gasteiger partial charge in [-0.25, -0.2) is 0 Å². The lowest BCUT2D eigenvalue weighted by Crippen LogP contribution is -2.36. The molecule has 1 unspecified atom stereocenters. The minimum Gasteiger partial charge on any atom is -0.465 e. The zero-order valence-corrected chi connectivity index (χ0v) is 42.6. The van der Waals surface area contributed by atoms with Gasteiger partial charge in [-0.05, 0) is 170 Å². The van der Waals surface area contributed by atoms with Crippen LogP contribution in [-0.4, -0.2) is 104 Å². The highest BCUT2D eigenvalue weighted by molar-refractivity contribution is 14.2. The fourth-order valence-electron chi connectivity index (χ4n) is 7.21. The number of hydrogen-bond acceptors (Lipinski definition) is 11. The lowest BCUT2D eigenvalue weighted by Gasteiger charge is -2.29. The number of likely N-dealkylation sites (N-methyl/N-ethyl adjacent to an activating group) is 1. The van der Waals surface area contributed by atoms with Crippen LogP contribution in [0.3, 0.4) is 0 Å². The molecule has 0 spiro atoms. The van der Waals surface area contributed by atoms with E-state index in [2.05, 4.69) is 52.7 Å². The van der Waals surface area contributed by atoms with Gasteiger partial charge < -0.3 is 14.7 Å². The van der Waals surface area contributed by atoms with Gasteiger partial charge in [0.15, 0.2) is 0 Å². The summed E-state index contributed by atoms with van der Waals surface area (Å²) < 4.78 is 5.40. The van der Waals surface area contributed by atoms with Crippen LogP contribution in [0, 0.1) is 36.5 Å². The van der Waals surface area contributed by atoms with E-state index in [9.17, 15) is 38.4 Å². The van der Waals surface area contributed by atoms with E-state index in [-0.39, 0.29) is 64.9 Å². The van der Waals surface area contributed by atoms with Gasteiger partial charge in [-0.3, -0.25) is 53.1 Å². The van der Waals surface area contributed by atoms with Crippen LogP contribution in [0.1, 0.15) is 125 Å². The number of terminal acetylenes is 1. The van der Waals surface area contributed by atoms with Crippen molar-refractivity contribution in [3.05, 3.63) is 59.8 Å². The number of halogens is 2. The second-order valence-corrected chi connectivity index (χ2v) is 18.3. The van der Waals surface area contributed by atoms with E-state index in [1.807, 2.05) is 22.0 Å². The zero-order valence-electron chi connectivity index (χ0n) is 38.7. The van der Waals surface area contributed by atoms with Gasteiger partial charge in [-0.1, -0.05) is 23.3 Å². The fourth-order valence-corrected chi connectivity index (χ4v) is 7.43. The predicted molar refractivity (Wildman–Crippen MR) is 264 cm³/mol. The molecule has 0 aromatic heterocycles. The standard InChI is InChI=1S/C20H29NO4.C12H14ClNO3.C8H16O.C6H7NO2.C2H2.H2IOP/c1-15(2)6-4-3-5-13-25-20(24)17-9-7-16(8-10-17)14-21-18(22)11-12-19(21)23;13-12(17)9-3-1-8(2-4-9)7-14-10(15)5-6-11(14)16;1-8(2)6-4-3-5-7-9;1-2-7-5(8)3-4-6(7)9;1-2;1-3-2/h6,11-12,16-17H,3-5,7-10,13-14H2,1-2H3;5-6,8-9H,1-4,7H2;6,9H,3-5,7H2,1-2H3;3-4H,2H2,1H3;1-2H;2-3H. The molecule has 17 heteroatoms. The monoisotopic (exact) mass is 1060 g/mol. The highest BCUT2D eigenvalue weighted by Crippen LogP contribution is 2.32. The number of esters is 1. The summed E-state index contributed by atoms with van der Waals surface area (Å²) in [5, 5.41) is 8.15. The first-order valence-corrected chi connectivity index (χ1v) is 26.6. The second-order valence-electron chi connectivity index (χ2n) is 16.3. The number of allylic oxidation sites excluding steroid dienone is 4. The number of aliphatic hydroxyl groups is 1. The number of unbranched alkanes of at least 4 members (excludes halogenated alkanes) is 4. The van der Waals surface area contributed by atoms with Crippen LogP contribution in [0.15, 0.2) is 59.8 Å². The molecule has 1 atom stereocenters. The minimum atomic E-state index is -0.265. The Morgan fingerprint density at radius 1 is 0.662 bits per heavy atom. The van der Waals surface area contributed by atoms with Gasteiger partial charge >= 0.3 is 5.97 Å². The molecule has 2 saturated carbocycles. The highest BCUT2D eigenvalue weighted by Gasteiger charge is 2.33. The molecule has 0 aromatic rings. The van der Waals surface area contributed by atoms with Crippen molar-refractivity contribution in [2.45, 2.75) is 125 Å². The van der Waals surface area contributed by atoms with Crippen LogP contribution in [0.25, 0.3) is 0 Å². The second kappa shape index (κ2) is 36.3. The molecule has 3 aliphatic heterocycles. The molecule has 2 fully saturated rings. The third-order valence-corrected chi connectivity index (χ3v) is 11.1. The number of aliphatic hydroxyl groups excluding tert-OH is 1. The highest BCUT2D eigenvalue weighted by atomic mass is 127. The molecule has 3 heterocycles. The zero-order chi connectivity index (χ0) is 49.3. The number of rotatable bonds is 16. The summed E-state index contributed by atoms with van der Waals surface area (Å²) in [6.07, 6.45) is 32.9. The van der Waals surface area contributed by atoms with Gasteiger partial charge in [-0.15, -0.1) is 12.8 Å². The molecule has 0 bridgehead atoms. The number of carbonyl (C=O) groups excluding carboxylic acids is 8. The van der Waals surface area contributed by atoms with Gasteiger partial charge in [-0.2, -0.15) is 0 Å². The maximum atomic E-state index is 12.1. The van der Waals surface area contributed by atoms with E-state index in [0.29, 0.717) is 44.7 Å². The van der Waals surface area contributed by atoms with Crippen molar-refractivity contribution < 1.29 is 53.1 Å². The molecule has 362 valence electrons. The van der Waals surface area contributed by atoms with E-state index in [4.69, 9.17) is 26.3 Å². The Morgan fingerprint density at radius 2 is 1.00 bits per heavy atom. The summed E-state index contributed by atoms with van der Waals surface area (Å²) in [5.74, 6) is -0.889. The van der Waals surface area contributed by atoms with Crippen molar-refractivity contribution >= 4 is 86.7 Å². The average molecular weight is 1060 g/mol. The summed E-state index contributed by atoms with van der Waals surface area (Å²) in [7, 11) is 0. The van der Waals surface area contributed by atoms with Crippen LogP contribution in [0.2, 0.25) is 0 Å². The van der Waals surface area contributed by atoms with Crippen LogP contribution >= 0.6 is 40.1 Å². The molecule has 0 radical (unpaired) electrons. The van der Waals surface area contributed by atoms with Gasteiger partial charge in [0.1, 0.15) is 0 Å². The van der Waals surface area contributed by atoms with Crippen molar-refractivity contribution in [1.29, 1.82) is 0 Å². The summed E-state index contributed by atoms with van der Waals surface area (Å²) in [6.45, 7) is 12.4. The summed E-state index contributed by atoms with van der Waals surface area (Å²) in [6, 6.07) is 0. The van der Waals surface area contributed by atoms with E-state index in [1.54, 1.807) is 6.92 Å². The molecule has 6 amide bonds. The molecular formula is C48H70ClIN3O11P. The molecule has 0 saturated heterocycles. The summed E-state index contributed by atoms with van der Waals surface area (Å²) >= 11 is 7.33. The van der Waals surface area contributed by atoms with E-state index >= 15 is 0 Å². The molecule has 65 heavy (non-hydrogen) atoms. The Morgan fingerprint density at radius 3 is 1.31 bits per heavy atom. The van der Waals surface area contributed by atoms with Crippen LogP contribution < -0.4 is 0 Å². The topological polar surface area (TPSA) is 196 Å². The Labute approximate surface area is 406 Å². The number of amides is 6. The summed E-state index contributed by atoms with van der Waals surface area (Å²) in [5.41, 5.74) is 2.69. The first-order valence-electron chi connectivity index (χ1n) is 22.2. The number of carbonyl (C=O) groups is 8. The van der Waals surface area contributed by atoms with Crippen molar-refractivity contribution in [1.82, 2.24) is 14.7 Å². The number of imide groups is 3. The van der Waals surface area contributed by atoms with Crippen LogP contribution in [0.4, 0.5) is 0 Å². The third-order valence-electron chi connectivity index (χ3n) is 10.8. The molecule has 14 nitrogen and oxygen atoms in total. The van der Waals surface area contributed by atoms with Gasteiger partial charge in [0.2, 0.25) is 5.24 Å². The van der Waals surface area contributed by atoms with E-state index in [1.165, 1.54) is 62.3 Å². The Bertz CT molecular complexity index is 1670. The first-order chi connectivity index (χ1) is 31.0.